The fourth-order valence-corrected chi connectivity index (χ4v) is 4.78. The maximum absolute atomic E-state index is 13.1. The summed E-state index contributed by atoms with van der Waals surface area (Å²) in [5, 5.41) is 1.18. The van der Waals surface area contributed by atoms with Crippen molar-refractivity contribution in [3.05, 3.63) is 70.0 Å². The van der Waals surface area contributed by atoms with Crippen LogP contribution in [0.15, 0.2) is 58.5 Å². The van der Waals surface area contributed by atoms with Crippen LogP contribution in [0.3, 0.4) is 0 Å². The second-order valence-corrected chi connectivity index (χ2v) is 8.46. The molecule has 1 aliphatic rings. The van der Waals surface area contributed by atoms with E-state index in [1.54, 1.807) is 42.0 Å². The summed E-state index contributed by atoms with van der Waals surface area (Å²) >= 11 is 1.45. The van der Waals surface area contributed by atoms with Crippen molar-refractivity contribution in [3.8, 4) is 0 Å². The van der Waals surface area contributed by atoms with Crippen LogP contribution < -0.4 is 5.56 Å². The maximum Gasteiger partial charge on any atom is 0.262 e. The number of hydrogen-bond donors (Lipinski definition) is 0. The lowest BCUT2D eigenvalue weighted by atomic mass is 10.1. The molecule has 2 aromatic carbocycles. The average molecular weight is 438 g/mol. The Balaban J connectivity index is 1.49. The summed E-state index contributed by atoms with van der Waals surface area (Å²) in [4.78, 5) is 44.1. The molecule has 4 rings (SSSR count). The molecule has 1 aromatic heterocycles. The lowest BCUT2D eigenvalue weighted by molar-refractivity contribution is 0.0655. The summed E-state index contributed by atoms with van der Waals surface area (Å²) in [6.07, 6.45) is 0.595. The molecule has 8 heteroatoms. The third kappa shape index (κ3) is 4.00. The maximum atomic E-state index is 13.1. The van der Waals surface area contributed by atoms with Crippen LogP contribution in [0, 0.1) is 0 Å². The molecule has 160 valence electrons. The first-order valence-electron chi connectivity index (χ1n) is 10.1. The number of rotatable bonds is 8. The fraction of sp³-hybridized carbons (Fsp3) is 0.304. The van der Waals surface area contributed by atoms with E-state index >= 15 is 0 Å². The smallest absolute Gasteiger partial charge is 0.262 e. The minimum atomic E-state index is -0.250. The van der Waals surface area contributed by atoms with Gasteiger partial charge in [0.25, 0.3) is 17.4 Å². The van der Waals surface area contributed by atoms with Gasteiger partial charge in [-0.25, -0.2) is 4.98 Å². The van der Waals surface area contributed by atoms with Gasteiger partial charge in [0.1, 0.15) is 0 Å². The average Bonchev–Trinajstić information content (AvgIpc) is 3.02. The van der Waals surface area contributed by atoms with E-state index in [0.29, 0.717) is 52.5 Å². The molecule has 0 N–H and O–H groups in total. The van der Waals surface area contributed by atoms with Gasteiger partial charge in [-0.3, -0.25) is 23.9 Å². The topological polar surface area (TPSA) is 81.5 Å². The van der Waals surface area contributed by atoms with E-state index in [-0.39, 0.29) is 23.4 Å². The number of benzene rings is 2. The Morgan fingerprint density at radius 1 is 1.00 bits per heavy atom. The minimum Gasteiger partial charge on any atom is -0.383 e. The van der Waals surface area contributed by atoms with Crippen molar-refractivity contribution in [2.24, 2.45) is 0 Å². The summed E-state index contributed by atoms with van der Waals surface area (Å²) in [6, 6.07) is 14.0. The first kappa shape index (κ1) is 21.3. The van der Waals surface area contributed by atoms with Gasteiger partial charge in [-0.1, -0.05) is 36.0 Å². The number of thioether (sulfide) groups is 1. The molecule has 1 aliphatic heterocycles. The van der Waals surface area contributed by atoms with Crippen molar-refractivity contribution >= 4 is 34.5 Å². The zero-order valence-corrected chi connectivity index (χ0v) is 18.2. The van der Waals surface area contributed by atoms with Crippen molar-refractivity contribution in [3.63, 3.8) is 0 Å². The number of aromatic nitrogens is 2. The van der Waals surface area contributed by atoms with Gasteiger partial charge >= 0.3 is 0 Å². The molecule has 0 bridgehead atoms. The van der Waals surface area contributed by atoms with Crippen LogP contribution in [0.25, 0.3) is 10.9 Å². The van der Waals surface area contributed by atoms with E-state index < -0.39 is 0 Å². The molecule has 2 heterocycles. The summed E-state index contributed by atoms with van der Waals surface area (Å²) in [7, 11) is 1.60. The highest BCUT2D eigenvalue weighted by Gasteiger charge is 2.34. The van der Waals surface area contributed by atoms with Crippen molar-refractivity contribution in [1.29, 1.82) is 0 Å². The van der Waals surface area contributed by atoms with Crippen LogP contribution in [0.5, 0.6) is 0 Å². The summed E-state index contributed by atoms with van der Waals surface area (Å²) in [5.41, 5.74) is 1.46. The van der Waals surface area contributed by atoms with Crippen molar-refractivity contribution in [2.45, 2.75) is 24.5 Å². The molecule has 0 aliphatic carbocycles. The number of fused-ring (bicyclic) bond motifs is 2. The molecule has 7 nitrogen and oxygen atoms in total. The Labute approximate surface area is 184 Å². The number of carbonyl (C=O) groups excluding carboxylic acids is 2. The van der Waals surface area contributed by atoms with E-state index in [4.69, 9.17) is 9.72 Å². The molecule has 0 spiro atoms. The number of nitrogens with zero attached hydrogens (tertiary/aromatic N) is 3. The molecule has 31 heavy (non-hydrogen) atoms. The summed E-state index contributed by atoms with van der Waals surface area (Å²) in [6.45, 7) is 2.64. The van der Waals surface area contributed by atoms with Crippen LogP contribution >= 0.6 is 11.8 Å². The number of ether oxygens (including phenoxy) is 1. The van der Waals surface area contributed by atoms with E-state index in [2.05, 4.69) is 0 Å². The van der Waals surface area contributed by atoms with E-state index in [9.17, 15) is 14.4 Å². The lowest BCUT2D eigenvalue weighted by Gasteiger charge is -2.19. The van der Waals surface area contributed by atoms with Gasteiger partial charge in [-0.2, -0.15) is 0 Å². The van der Waals surface area contributed by atoms with Gasteiger partial charge in [0, 0.05) is 19.4 Å². The van der Waals surface area contributed by atoms with Crippen molar-refractivity contribution in [1.82, 2.24) is 14.5 Å². The molecule has 0 saturated heterocycles. The number of imide groups is 1. The van der Waals surface area contributed by atoms with Crippen LogP contribution in [0.2, 0.25) is 0 Å². The normalized spacial score (nSPS) is 14.3. The van der Waals surface area contributed by atoms with E-state index in [0.717, 1.165) is 0 Å². The van der Waals surface area contributed by atoms with Crippen LogP contribution in [0.4, 0.5) is 0 Å². The second-order valence-electron chi connectivity index (χ2n) is 7.40. The van der Waals surface area contributed by atoms with Gasteiger partial charge in [-0.05, 0) is 37.6 Å². The first-order chi connectivity index (χ1) is 15.0. The van der Waals surface area contributed by atoms with E-state index in [1.807, 2.05) is 25.1 Å². The number of para-hydroxylation sites is 1. The molecule has 0 unspecified atom stereocenters. The van der Waals surface area contributed by atoms with Gasteiger partial charge in [0.15, 0.2) is 5.16 Å². The van der Waals surface area contributed by atoms with Gasteiger partial charge in [0.2, 0.25) is 0 Å². The fourth-order valence-electron chi connectivity index (χ4n) is 3.76. The summed E-state index contributed by atoms with van der Waals surface area (Å²) < 4.78 is 6.91. The van der Waals surface area contributed by atoms with Crippen LogP contribution in [0.1, 0.15) is 40.1 Å². The van der Waals surface area contributed by atoms with Crippen molar-refractivity contribution < 1.29 is 14.3 Å². The van der Waals surface area contributed by atoms with Gasteiger partial charge in [-0.15, -0.1) is 0 Å². The lowest BCUT2D eigenvalue weighted by Crippen LogP contribution is -2.31. The Morgan fingerprint density at radius 2 is 1.65 bits per heavy atom. The Hall–Kier alpha value is -2.97. The first-order valence-corrected chi connectivity index (χ1v) is 11.1. The Kier molecular flexibility index (Phi) is 6.20. The standard InChI is InChI=1S/C23H23N3O4S/c1-15(14-30-2)26-22(29)18-10-5-6-11-19(18)24-23(26)31-13-7-12-25-20(27)16-8-3-4-9-17(16)21(25)28/h3-6,8-11,15H,7,12-14H2,1-2H3/t15-/m1/s1. The summed E-state index contributed by atoms with van der Waals surface area (Å²) in [5.74, 6) is 0.109. The molecule has 0 saturated carbocycles. The number of amides is 2. The molecule has 0 fully saturated rings. The monoisotopic (exact) mass is 437 g/mol. The zero-order chi connectivity index (χ0) is 22.0. The van der Waals surface area contributed by atoms with Crippen molar-refractivity contribution in [2.75, 3.05) is 26.0 Å². The van der Waals surface area contributed by atoms with Gasteiger partial charge < -0.3 is 4.74 Å². The third-order valence-electron chi connectivity index (χ3n) is 5.26. The number of carbonyl (C=O) groups is 2. The highest BCUT2D eigenvalue weighted by molar-refractivity contribution is 7.99. The molecule has 2 amide bonds. The van der Waals surface area contributed by atoms with Gasteiger partial charge in [0.05, 0.1) is 34.7 Å². The zero-order valence-electron chi connectivity index (χ0n) is 17.4. The molecule has 0 radical (unpaired) electrons. The second kappa shape index (κ2) is 9.03. The molecule has 1 atom stereocenters. The number of hydrogen-bond acceptors (Lipinski definition) is 6. The van der Waals surface area contributed by atoms with Crippen LogP contribution in [-0.2, 0) is 4.74 Å². The highest BCUT2D eigenvalue weighted by Crippen LogP contribution is 2.25. The Morgan fingerprint density at radius 3 is 2.32 bits per heavy atom. The predicted octanol–water partition coefficient (Wildman–Crippen LogP) is 3.38. The largest absolute Gasteiger partial charge is 0.383 e. The van der Waals surface area contributed by atoms with Crippen LogP contribution in [-0.4, -0.2) is 52.3 Å². The quantitative estimate of drug-likeness (QED) is 0.233. The number of methoxy groups -OCH3 is 1. The van der Waals surface area contributed by atoms with E-state index in [1.165, 1.54) is 16.7 Å². The Bertz CT molecular complexity index is 1170. The third-order valence-corrected chi connectivity index (χ3v) is 6.30. The molecule has 3 aromatic rings. The SMILES string of the molecule is COC[C@@H](C)n1c(SCCCN2C(=O)c3ccccc3C2=O)nc2ccccc2c1=O. The predicted molar refractivity (Wildman–Crippen MR) is 120 cm³/mol. The highest BCUT2D eigenvalue weighted by atomic mass is 32.2. The molecular formula is C23H23N3O4S. The molecular weight excluding hydrogens is 414 g/mol. The minimum absolute atomic E-state index is 0.0991.